The molecule has 1 aromatic carbocycles. The number of aliphatic hydroxyl groups is 1. The third-order valence-corrected chi connectivity index (χ3v) is 5.25. The first-order valence-corrected chi connectivity index (χ1v) is 9.39. The third-order valence-electron chi connectivity index (χ3n) is 4.30. The van der Waals surface area contributed by atoms with Gasteiger partial charge in [-0.25, -0.2) is 9.97 Å². The Balaban J connectivity index is 1.41. The highest BCUT2D eigenvalue weighted by Gasteiger charge is 2.29. The third kappa shape index (κ3) is 3.80. The molecule has 0 saturated carbocycles. The summed E-state index contributed by atoms with van der Waals surface area (Å²) in [5.74, 6) is 0.681. The first kappa shape index (κ1) is 17.9. The van der Waals surface area contributed by atoms with Gasteiger partial charge in [0.1, 0.15) is 12.0 Å². The molecule has 0 aliphatic carbocycles. The molecule has 142 valence electrons. The molecule has 0 spiro atoms. The molecule has 1 fully saturated rings. The van der Waals surface area contributed by atoms with Crippen molar-refractivity contribution in [3.05, 3.63) is 41.1 Å². The van der Waals surface area contributed by atoms with Gasteiger partial charge in [-0.2, -0.15) is 0 Å². The van der Waals surface area contributed by atoms with Crippen LogP contribution in [0.2, 0.25) is 0 Å². The van der Waals surface area contributed by atoms with E-state index in [9.17, 15) is 9.90 Å². The molecular formula is C18H19N3O5S. The van der Waals surface area contributed by atoms with Gasteiger partial charge in [0.2, 0.25) is 5.89 Å². The molecule has 1 saturated heterocycles. The van der Waals surface area contributed by atoms with E-state index in [0.717, 1.165) is 15.2 Å². The van der Waals surface area contributed by atoms with Crippen LogP contribution in [-0.4, -0.2) is 58.3 Å². The lowest BCUT2D eigenvalue weighted by Crippen LogP contribution is -2.50. The first-order valence-electron chi connectivity index (χ1n) is 8.58. The fraction of sp³-hybridized carbons (Fsp3) is 0.389. The van der Waals surface area contributed by atoms with E-state index in [-0.39, 0.29) is 30.9 Å². The van der Waals surface area contributed by atoms with Crippen LogP contribution in [0.15, 0.2) is 28.9 Å². The highest BCUT2D eigenvalue weighted by atomic mass is 32.1. The van der Waals surface area contributed by atoms with E-state index < -0.39 is 0 Å². The lowest BCUT2D eigenvalue weighted by atomic mass is 10.2. The van der Waals surface area contributed by atoms with Gasteiger partial charge in [-0.05, 0) is 19.1 Å². The lowest BCUT2D eigenvalue weighted by molar-refractivity contribution is -0.0186. The summed E-state index contributed by atoms with van der Waals surface area (Å²) in [5, 5.41) is 10.4. The molecule has 3 aromatic rings. The van der Waals surface area contributed by atoms with Crippen LogP contribution in [0.4, 0.5) is 0 Å². The number of fused-ring (bicyclic) bond motifs is 1. The van der Waals surface area contributed by atoms with Crippen LogP contribution in [0.3, 0.4) is 0 Å². The number of benzene rings is 1. The molecule has 1 aliphatic rings. The van der Waals surface area contributed by atoms with Crippen molar-refractivity contribution in [2.75, 3.05) is 26.4 Å². The van der Waals surface area contributed by atoms with Gasteiger partial charge in [0.05, 0.1) is 41.1 Å². The average Bonchev–Trinajstić information content (AvgIpc) is 3.31. The normalized spacial score (nSPS) is 17.4. The average molecular weight is 389 g/mol. The summed E-state index contributed by atoms with van der Waals surface area (Å²) in [6.45, 7) is 3.08. The van der Waals surface area contributed by atoms with E-state index in [4.69, 9.17) is 13.9 Å². The predicted octanol–water partition coefficient (Wildman–Crippen LogP) is 2.01. The molecule has 3 heterocycles. The van der Waals surface area contributed by atoms with Crippen molar-refractivity contribution in [1.82, 2.24) is 14.9 Å². The maximum atomic E-state index is 12.6. The van der Waals surface area contributed by atoms with E-state index >= 15 is 0 Å². The van der Waals surface area contributed by atoms with Gasteiger partial charge in [-0.3, -0.25) is 4.79 Å². The number of morpholine rings is 1. The smallest absolute Gasteiger partial charge is 0.276 e. The number of rotatable bonds is 5. The van der Waals surface area contributed by atoms with Crippen molar-refractivity contribution in [1.29, 1.82) is 0 Å². The Morgan fingerprint density at radius 2 is 2.33 bits per heavy atom. The van der Waals surface area contributed by atoms with Crippen molar-refractivity contribution < 1.29 is 23.8 Å². The number of aromatic nitrogens is 2. The number of aryl methyl sites for hydroxylation is 1. The van der Waals surface area contributed by atoms with Crippen LogP contribution < -0.4 is 4.74 Å². The molecule has 27 heavy (non-hydrogen) atoms. The van der Waals surface area contributed by atoms with Gasteiger partial charge in [-0.1, -0.05) is 0 Å². The summed E-state index contributed by atoms with van der Waals surface area (Å²) < 4.78 is 17.5. The summed E-state index contributed by atoms with van der Waals surface area (Å²) in [6, 6.07) is 5.34. The summed E-state index contributed by atoms with van der Waals surface area (Å²) in [4.78, 5) is 22.8. The second-order valence-electron chi connectivity index (χ2n) is 6.19. The van der Waals surface area contributed by atoms with Gasteiger partial charge in [0, 0.05) is 12.6 Å². The van der Waals surface area contributed by atoms with Crippen LogP contribution in [0, 0.1) is 6.92 Å². The molecule has 9 heteroatoms. The Labute approximate surface area is 159 Å². The molecule has 4 rings (SSSR count). The number of amides is 1. The maximum absolute atomic E-state index is 12.6. The maximum Gasteiger partial charge on any atom is 0.276 e. The van der Waals surface area contributed by atoms with Gasteiger partial charge in [0.15, 0.2) is 12.3 Å². The molecule has 0 radical (unpaired) electrons. The topological polar surface area (TPSA) is 97.9 Å². The Morgan fingerprint density at radius 3 is 3.19 bits per heavy atom. The highest BCUT2D eigenvalue weighted by molar-refractivity contribution is 7.18. The van der Waals surface area contributed by atoms with E-state index in [1.54, 1.807) is 16.2 Å². The zero-order chi connectivity index (χ0) is 18.8. The summed E-state index contributed by atoms with van der Waals surface area (Å²) >= 11 is 1.63. The molecule has 1 atom stereocenters. The van der Waals surface area contributed by atoms with Gasteiger partial charge in [-0.15, -0.1) is 11.3 Å². The number of carbonyl (C=O) groups is 1. The van der Waals surface area contributed by atoms with Crippen molar-refractivity contribution >= 4 is 27.5 Å². The van der Waals surface area contributed by atoms with E-state index in [2.05, 4.69) is 9.97 Å². The monoisotopic (exact) mass is 389 g/mol. The number of thiazole rings is 1. The first-order chi connectivity index (χ1) is 13.1. The number of carbonyl (C=O) groups excluding carboxylic acids is 1. The number of nitrogens with zero attached hydrogens (tertiary/aromatic N) is 3. The van der Waals surface area contributed by atoms with Crippen LogP contribution >= 0.6 is 11.3 Å². The molecular weight excluding hydrogens is 370 g/mol. The fourth-order valence-electron chi connectivity index (χ4n) is 2.95. The minimum absolute atomic E-state index is 0.106. The standard InChI is InChI=1S/C18H19N3O5S/c1-11-19-14-6-13(2-3-16(14)27-11)25-10-17-20-15(9-26-17)18(23)21-4-5-24-8-12(21)7-22/h2-3,6,9,12,22H,4-5,7-8,10H2,1H3/t12-/m1/s1. The van der Waals surface area contributed by atoms with Crippen LogP contribution in [0.25, 0.3) is 10.2 Å². The minimum atomic E-state index is -0.365. The molecule has 1 aliphatic heterocycles. The Morgan fingerprint density at radius 1 is 1.44 bits per heavy atom. The number of aliphatic hydroxyl groups excluding tert-OH is 1. The van der Waals surface area contributed by atoms with Crippen molar-refractivity contribution in [3.63, 3.8) is 0 Å². The molecule has 1 N–H and O–H groups in total. The molecule has 2 aromatic heterocycles. The predicted molar refractivity (Wildman–Crippen MR) is 97.9 cm³/mol. The number of hydrogen-bond acceptors (Lipinski definition) is 8. The Bertz CT molecular complexity index is 954. The molecule has 0 bridgehead atoms. The number of ether oxygens (including phenoxy) is 2. The van der Waals surface area contributed by atoms with Crippen molar-refractivity contribution in [2.24, 2.45) is 0 Å². The van der Waals surface area contributed by atoms with E-state index in [1.165, 1.54) is 6.26 Å². The quantitative estimate of drug-likeness (QED) is 0.713. The van der Waals surface area contributed by atoms with Gasteiger partial charge >= 0.3 is 0 Å². The molecule has 1 amide bonds. The highest BCUT2D eigenvalue weighted by Crippen LogP contribution is 2.26. The minimum Gasteiger partial charge on any atom is -0.484 e. The molecule has 8 nitrogen and oxygen atoms in total. The summed E-state index contributed by atoms with van der Waals surface area (Å²) in [5.41, 5.74) is 1.08. The zero-order valence-electron chi connectivity index (χ0n) is 14.8. The van der Waals surface area contributed by atoms with Gasteiger partial charge in [0.25, 0.3) is 5.91 Å². The zero-order valence-corrected chi connectivity index (χ0v) is 15.6. The van der Waals surface area contributed by atoms with Crippen molar-refractivity contribution in [3.8, 4) is 5.75 Å². The number of hydrogen-bond donors (Lipinski definition) is 1. The summed E-state index contributed by atoms with van der Waals surface area (Å²) in [6.07, 6.45) is 1.32. The van der Waals surface area contributed by atoms with Crippen LogP contribution in [0.5, 0.6) is 5.75 Å². The van der Waals surface area contributed by atoms with Crippen LogP contribution in [0.1, 0.15) is 21.4 Å². The van der Waals surface area contributed by atoms with E-state index in [1.807, 2.05) is 25.1 Å². The fourth-order valence-corrected chi connectivity index (χ4v) is 3.76. The lowest BCUT2D eigenvalue weighted by Gasteiger charge is -2.33. The Kier molecular flexibility index (Phi) is 5.06. The number of oxazole rings is 1. The van der Waals surface area contributed by atoms with E-state index in [0.29, 0.717) is 31.4 Å². The Hall–Kier alpha value is -2.49. The van der Waals surface area contributed by atoms with Crippen LogP contribution in [-0.2, 0) is 11.3 Å². The second-order valence-corrected chi connectivity index (χ2v) is 7.42. The molecule has 0 unspecified atom stereocenters. The second kappa shape index (κ2) is 7.63. The summed E-state index contributed by atoms with van der Waals surface area (Å²) in [7, 11) is 0. The van der Waals surface area contributed by atoms with Gasteiger partial charge < -0.3 is 23.9 Å². The van der Waals surface area contributed by atoms with Crippen molar-refractivity contribution in [2.45, 2.75) is 19.6 Å². The largest absolute Gasteiger partial charge is 0.484 e. The SMILES string of the molecule is Cc1nc2cc(OCc3nc(C(=O)N4CCOC[C@H]4CO)co3)ccc2s1.